The molecule has 1 nitrogen and oxygen atoms in total. The molecule has 1 aliphatic rings. The quantitative estimate of drug-likeness (QED) is 0.761. The SMILES string of the molecule is ClCCc1nc(-c2ccc3c(c2)CCC3)cs1. The number of fused-ring (bicyclic) bond motifs is 1. The zero-order valence-electron chi connectivity index (χ0n) is 9.58. The molecule has 1 aliphatic carbocycles. The molecule has 3 rings (SSSR count). The molecule has 1 aromatic heterocycles. The Hall–Kier alpha value is -0.860. The van der Waals surface area contributed by atoms with Gasteiger partial charge in [-0.3, -0.25) is 0 Å². The second-order valence-corrected chi connectivity index (χ2v) is 5.72. The summed E-state index contributed by atoms with van der Waals surface area (Å²) in [6.45, 7) is 0. The maximum atomic E-state index is 5.73. The van der Waals surface area contributed by atoms with E-state index in [9.17, 15) is 0 Å². The topological polar surface area (TPSA) is 12.9 Å². The predicted octanol–water partition coefficient (Wildman–Crippen LogP) is 4.08. The van der Waals surface area contributed by atoms with Crippen molar-refractivity contribution < 1.29 is 0 Å². The minimum absolute atomic E-state index is 0.650. The summed E-state index contributed by atoms with van der Waals surface area (Å²) in [6, 6.07) is 6.77. The summed E-state index contributed by atoms with van der Waals surface area (Å²) < 4.78 is 0. The van der Waals surface area contributed by atoms with Gasteiger partial charge in [0.25, 0.3) is 0 Å². The Morgan fingerprint density at radius 2 is 2.12 bits per heavy atom. The third kappa shape index (κ3) is 2.24. The number of benzene rings is 1. The van der Waals surface area contributed by atoms with Gasteiger partial charge in [0.1, 0.15) is 0 Å². The maximum absolute atomic E-state index is 5.73. The number of hydrogen-bond acceptors (Lipinski definition) is 2. The molecule has 0 atom stereocenters. The van der Waals surface area contributed by atoms with Gasteiger partial charge >= 0.3 is 0 Å². The van der Waals surface area contributed by atoms with Gasteiger partial charge < -0.3 is 0 Å². The Balaban J connectivity index is 1.92. The van der Waals surface area contributed by atoms with Crippen molar-refractivity contribution in [3.05, 3.63) is 39.7 Å². The van der Waals surface area contributed by atoms with E-state index in [-0.39, 0.29) is 0 Å². The van der Waals surface area contributed by atoms with E-state index < -0.39 is 0 Å². The van der Waals surface area contributed by atoms with Crippen LogP contribution in [0.1, 0.15) is 22.6 Å². The first-order chi connectivity index (χ1) is 8.36. The fraction of sp³-hybridized carbons (Fsp3) is 0.357. The lowest BCUT2D eigenvalue weighted by Crippen LogP contribution is -1.87. The molecule has 0 fully saturated rings. The fourth-order valence-electron chi connectivity index (χ4n) is 2.37. The minimum Gasteiger partial charge on any atom is -0.241 e. The van der Waals surface area contributed by atoms with Crippen LogP contribution in [0.15, 0.2) is 23.6 Å². The Morgan fingerprint density at radius 3 is 3.00 bits per heavy atom. The summed E-state index contributed by atoms with van der Waals surface area (Å²) in [5, 5.41) is 3.27. The van der Waals surface area contributed by atoms with Crippen LogP contribution in [-0.2, 0) is 19.3 Å². The van der Waals surface area contributed by atoms with Crippen molar-refractivity contribution in [3.63, 3.8) is 0 Å². The zero-order chi connectivity index (χ0) is 11.7. The smallest absolute Gasteiger partial charge is 0.0944 e. The number of alkyl halides is 1. The molecule has 88 valence electrons. The summed E-state index contributed by atoms with van der Waals surface area (Å²) >= 11 is 7.44. The van der Waals surface area contributed by atoms with E-state index in [2.05, 4.69) is 28.6 Å². The number of aryl methyl sites for hydroxylation is 3. The molecule has 0 bridgehead atoms. The maximum Gasteiger partial charge on any atom is 0.0944 e. The molecule has 0 aliphatic heterocycles. The number of rotatable bonds is 3. The third-order valence-electron chi connectivity index (χ3n) is 3.25. The standard InChI is InChI=1S/C14H14ClNS/c15-7-6-14-16-13(9-17-14)12-5-4-10-2-1-3-11(10)8-12/h4-5,8-9H,1-3,6-7H2. The summed E-state index contributed by atoms with van der Waals surface area (Å²) in [5.41, 5.74) is 5.38. The molecule has 0 spiro atoms. The zero-order valence-corrected chi connectivity index (χ0v) is 11.2. The average molecular weight is 264 g/mol. The Kier molecular flexibility index (Phi) is 3.17. The fourth-order valence-corrected chi connectivity index (χ4v) is 3.47. The van der Waals surface area contributed by atoms with Gasteiger partial charge in [-0.05, 0) is 36.5 Å². The van der Waals surface area contributed by atoms with E-state index >= 15 is 0 Å². The summed E-state index contributed by atoms with van der Waals surface area (Å²) in [5.74, 6) is 0.650. The van der Waals surface area contributed by atoms with Gasteiger partial charge in [-0.1, -0.05) is 12.1 Å². The Morgan fingerprint density at radius 1 is 1.24 bits per heavy atom. The molecule has 0 radical (unpaired) electrons. The number of hydrogen-bond donors (Lipinski definition) is 0. The van der Waals surface area contributed by atoms with Crippen LogP contribution in [0.3, 0.4) is 0 Å². The van der Waals surface area contributed by atoms with Crippen molar-refractivity contribution in [3.8, 4) is 11.3 Å². The molecule has 3 heteroatoms. The van der Waals surface area contributed by atoms with Crippen LogP contribution in [0.5, 0.6) is 0 Å². The largest absolute Gasteiger partial charge is 0.241 e. The van der Waals surface area contributed by atoms with Gasteiger partial charge in [0, 0.05) is 23.2 Å². The van der Waals surface area contributed by atoms with Crippen molar-refractivity contribution in [2.75, 3.05) is 5.88 Å². The first kappa shape index (κ1) is 11.2. The number of nitrogens with zero attached hydrogens (tertiary/aromatic N) is 1. The van der Waals surface area contributed by atoms with Gasteiger partial charge in [0.2, 0.25) is 0 Å². The normalized spacial score (nSPS) is 13.9. The van der Waals surface area contributed by atoms with Gasteiger partial charge in [-0.15, -0.1) is 22.9 Å². The first-order valence-electron chi connectivity index (χ1n) is 5.99. The molecular formula is C14H14ClNS. The van der Waals surface area contributed by atoms with Crippen molar-refractivity contribution in [1.82, 2.24) is 4.98 Å². The molecule has 0 saturated carbocycles. The van der Waals surface area contributed by atoms with Crippen molar-refractivity contribution in [1.29, 1.82) is 0 Å². The Bertz CT molecular complexity index is 533. The number of thiazole rings is 1. The van der Waals surface area contributed by atoms with Crippen LogP contribution in [-0.4, -0.2) is 10.9 Å². The van der Waals surface area contributed by atoms with Gasteiger partial charge in [0.05, 0.1) is 10.7 Å². The molecule has 2 aromatic rings. The highest BCUT2D eigenvalue weighted by atomic mass is 35.5. The van der Waals surface area contributed by atoms with E-state index in [1.807, 2.05) is 0 Å². The van der Waals surface area contributed by atoms with Crippen LogP contribution < -0.4 is 0 Å². The van der Waals surface area contributed by atoms with Crippen molar-refractivity contribution >= 4 is 22.9 Å². The van der Waals surface area contributed by atoms with Crippen LogP contribution in [0.2, 0.25) is 0 Å². The lowest BCUT2D eigenvalue weighted by atomic mass is 10.1. The molecule has 1 aromatic carbocycles. The van der Waals surface area contributed by atoms with Crippen LogP contribution in [0.4, 0.5) is 0 Å². The van der Waals surface area contributed by atoms with E-state index in [1.54, 1.807) is 11.3 Å². The van der Waals surface area contributed by atoms with E-state index in [1.165, 1.54) is 36.0 Å². The molecule has 17 heavy (non-hydrogen) atoms. The Labute approximate surface area is 110 Å². The second-order valence-electron chi connectivity index (χ2n) is 4.40. The highest BCUT2D eigenvalue weighted by molar-refractivity contribution is 7.10. The molecule has 1 heterocycles. The monoisotopic (exact) mass is 263 g/mol. The van der Waals surface area contributed by atoms with Crippen molar-refractivity contribution in [2.24, 2.45) is 0 Å². The number of aromatic nitrogens is 1. The van der Waals surface area contributed by atoms with Gasteiger partial charge in [0.15, 0.2) is 0 Å². The van der Waals surface area contributed by atoms with Crippen LogP contribution in [0, 0.1) is 0 Å². The van der Waals surface area contributed by atoms with E-state index in [4.69, 9.17) is 11.6 Å². The molecule has 0 N–H and O–H groups in total. The molecular weight excluding hydrogens is 250 g/mol. The highest BCUT2D eigenvalue weighted by Crippen LogP contribution is 2.28. The minimum atomic E-state index is 0.650. The summed E-state index contributed by atoms with van der Waals surface area (Å²) in [7, 11) is 0. The molecule has 0 unspecified atom stereocenters. The van der Waals surface area contributed by atoms with Gasteiger partial charge in [-0.2, -0.15) is 0 Å². The van der Waals surface area contributed by atoms with Crippen molar-refractivity contribution in [2.45, 2.75) is 25.7 Å². The lowest BCUT2D eigenvalue weighted by Gasteiger charge is -2.02. The molecule has 0 amide bonds. The first-order valence-corrected chi connectivity index (χ1v) is 7.41. The molecule has 0 saturated heterocycles. The average Bonchev–Trinajstić information content (AvgIpc) is 2.96. The van der Waals surface area contributed by atoms with Crippen LogP contribution in [0.25, 0.3) is 11.3 Å². The summed E-state index contributed by atoms with van der Waals surface area (Å²) in [4.78, 5) is 4.63. The third-order valence-corrected chi connectivity index (χ3v) is 4.35. The second kappa shape index (κ2) is 4.79. The van der Waals surface area contributed by atoms with E-state index in [0.29, 0.717) is 5.88 Å². The number of halogens is 1. The lowest BCUT2D eigenvalue weighted by molar-refractivity contribution is 0.912. The predicted molar refractivity (Wildman–Crippen MR) is 74.0 cm³/mol. The van der Waals surface area contributed by atoms with E-state index in [0.717, 1.165) is 17.1 Å². The highest BCUT2D eigenvalue weighted by Gasteiger charge is 2.12. The van der Waals surface area contributed by atoms with Crippen LogP contribution >= 0.6 is 22.9 Å². The summed E-state index contributed by atoms with van der Waals surface area (Å²) in [6.07, 6.45) is 4.64. The van der Waals surface area contributed by atoms with Gasteiger partial charge in [-0.25, -0.2) is 4.98 Å².